The van der Waals surface area contributed by atoms with Crippen LogP contribution in [0.15, 0.2) is 40.9 Å². The maximum absolute atomic E-state index is 9.11. The molecule has 0 unspecified atom stereocenters. The summed E-state index contributed by atoms with van der Waals surface area (Å²) in [6.45, 7) is 4.12. The summed E-state index contributed by atoms with van der Waals surface area (Å²) in [5, 5.41) is 13.0. The van der Waals surface area contributed by atoms with Crippen LogP contribution in [0.3, 0.4) is 0 Å². The lowest BCUT2D eigenvalue weighted by atomic mass is 10.2. The molecule has 0 fully saturated rings. The monoisotopic (exact) mass is 246 g/mol. The van der Waals surface area contributed by atoms with Crippen molar-refractivity contribution in [1.29, 1.82) is 0 Å². The SMILES string of the molecule is Cc1cc(CN(CCO)Cc2ccccc2)on1. The minimum absolute atomic E-state index is 0.139. The molecule has 1 aromatic carbocycles. The van der Waals surface area contributed by atoms with E-state index >= 15 is 0 Å². The van der Waals surface area contributed by atoms with Crippen LogP contribution in [-0.4, -0.2) is 28.3 Å². The Kier molecular flexibility index (Phi) is 4.50. The molecule has 1 N–H and O–H groups in total. The third-order valence-electron chi connectivity index (χ3n) is 2.72. The van der Waals surface area contributed by atoms with Gasteiger partial charge >= 0.3 is 0 Å². The predicted molar refractivity (Wildman–Crippen MR) is 68.9 cm³/mol. The highest BCUT2D eigenvalue weighted by atomic mass is 16.5. The Morgan fingerprint density at radius 1 is 1.22 bits per heavy atom. The quantitative estimate of drug-likeness (QED) is 0.846. The van der Waals surface area contributed by atoms with Crippen molar-refractivity contribution in [2.75, 3.05) is 13.2 Å². The van der Waals surface area contributed by atoms with Crippen molar-refractivity contribution < 1.29 is 9.63 Å². The first-order valence-electron chi connectivity index (χ1n) is 6.07. The maximum atomic E-state index is 9.11. The van der Waals surface area contributed by atoms with Gasteiger partial charge in [-0.25, -0.2) is 0 Å². The van der Waals surface area contributed by atoms with Crippen LogP contribution < -0.4 is 0 Å². The van der Waals surface area contributed by atoms with E-state index in [1.54, 1.807) is 0 Å². The van der Waals surface area contributed by atoms with Gasteiger partial charge in [0.15, 0.2) is 5.76 Å². The minimum atomic E-state index is 0.139. The molecule has 0 radical (unpaired) electrons. The van der Waals surface area contributed by atoms with Gasteiger partial charge in [0.1, 0.15) is 0 Å². The number of hydrogen-bond acceptors (Lipinski definition) is 4. The molecule has 4 heteroatoms. The Bertz CT molecular complexity index is 468. The second-order valence-corrected chi connectivity index (χ2v) is 4.35. The minimum Gasteiger partial charge on any atom is -0.395 e. The van der Waals surface area contributed by atoms with Gasteiger partial charge in [0.2, 0.25) is 0 Å². The number of hydrogen-bond donors (Lipinski definition) is 1. The van der Waals surface area contributed by atoms with Crippen LogP contribution in [-0.2, 0) is 13.1 Å². The molecule has 1 heterocycles. The van der Waals surface area contributed by atoms with Gasteiger partial charge < -0.3 is 9.63 Å². The summed E-state index contributed by atoms with van der Waals surface area (Å²) in [6, 6.07) is 12.1. The van der Waals surface area contributed by atoms with Crippen molar-refractivity contribution >= 4 is 0 Å². The Labute approximate surface area is 107 Å². The van der Waals surface area contributed by atoms with Gasteiger partial charge in [0, 0.05) is 19.2 Å². The average Bonchev–Trinajstić information content (AvgIpc) is 2.76. The van der Waals surface area contributed by atoms with E-state index in [9.17, 15) is 0 Å². The lowest BCUT2D eigenvalue weighted by Gasteiger charge is -2.19. The largest absolute Gasteiger partial charge is 0.395 e. The molecule has 0 spiro atoms. The number of aliphatic hydroxyl groups is 1. The zero-order valence-corrected chi connectivity index (χ0v) is 10.5. The Morgan fingerprint density at radius 3 is 2.61 bits per heavy atom. The van der Waals surface area contributed by atoms with Crippen LogP contribution in [0, 0.1) is 6.92 Å². The number of aromatic nitrogens is 1. The Hall–Kier alpha value is -1.65. The molecule has 0 bridgehead atoms. The van der Waals surface area contributed by atoms with E-state index in [1.165, 1.54) is 5.56 Å². The second-order valence-electron chi connectivity index (χ2n) is 4.35. The van der Waals surface area contributed by atoms with Gasteiger partial charge in [-0.1, -0.05) is 35.5 Å². The van der Waals surface area contributed by atoms with Gasteiger partial charge in [-0.3, -0.25) is 4.90 Å². The fourth-order valence-electron chi connectivity index (χ4n) is 1.91. The van der Waals surface area contributed by atoms with Crippen LogP contribution in [0.4, 0.5) is 0 Å². The Morgan fingerprint density at radius 2 is 2.00 bits per heavy atom. The fraction of sp³-hybridized carbons (Fsp3) is 0.357. The molecule has 96 valence electrons. The molecular weight excluding hydrogens is 228 g/mol. The summed E-state index contributed by atoms with van der Waals surface area (Å²) in [4.78, 5) is 2.13. The van der Waals surface area contributed by atoms with Crippen molar-refractivity contribution in [2.45, 2.75) is 20.0 Å². The summed E-state index contributed by atoms with van der Waals surface area (Å²) >= 11 is 0. The molecule has 0 amide bonds. The smallest absolute Gasteiger partial charge is 0.150 e. The van der Waals surface area contributed by atoms with Crippen LogP contribution in [0.25, 0.3) is 0 Å². The summed E-state index contributed by atoms with van der Waals surface area (Å²) in [6.07, 6.45) is 0. The zero-order chi connectivity index (χ0) is 12.8. The topological polar surface area (TPSA) is 49.5 Å². The average molecular weight is 246 g/mol. The number of aliphatic hydroxyl groups excluding tert-OH is 1. The van der Waals surface area contributed by atoms with Crippen molar-refractivity contribution in [3.05, 3.63) is 53.4 Å². The third kappa shape index (κ3) is 3.68. The van der Waals surface area contributed by atoms with Crippen LogP contribution in [0.1, 0.15) is 17.0 Å². The first-order chi connectivity index (χ1) is 8.78. The van der Waals surface area contributed by atoms with Crippen molar-refractivity contribution in [3.63, 3.8) is 0 Å². The molecule has 0 atom stereocenters. The standard InChI is InChI=1S/C14H18N2O2/c1-12-9-14(18-15-12)11-16(7-8-17)10-13-5-3-2-4-6-13/h2-6,9,17H,7-8,10-11H2,1H3. The van der Waals surface area contributed by atoms with Gasteiger partial charge in [-0.05, 0) is 12.5 Å². The zero-order valence-electron chi connectivity index (χ0n) is 10.5. The Balaban J connectivity index is 1.99. The second kappa shape index (κ2) is 6.33. The summed E-state index contributed by atoms with van der Waals surface area (Å²) in [5.74, 6) is 0.830. The van der Waals surface area contributed by atoms with E-state index in [-0.39, 0.29) is 6.61 Å². The fourth-order valence-corrected chi connectivity index (χ4v) is 1.91. The molecule has 2 aromatic rings. The summed E-state index contributed by atoms with van der Waals surface area (Å²) < 4.78 is 5.21. The predicted octanol–water partition coefficient (Wildman–Crippen LogP) is 1.98. The lowest BCUT2D eigenvalue weighted by Crippen LogP contribution is -2.25. The van der Waals surface area contributed by atoms with Crippen molar-refractivity contribution in [2.24, 2.45) is 0 Å². The van der Waals surface area contributed by atoms with Gasteiger partial charge in [0.05, 0.1) is 18.8 Å². The van der Waals surface area contributed by atoms with Crippen LogP contribution in [0.5, 0.6) is 0 Å². The highest BCUT2D eigenvalue weighted by molar-refractivity contribution is 5.14. The molecule has 0 aliphatic rings. The van der Waals surface area contributed by atoms with Gasteiger partial charge in [0.25, 0.3) is 0 Å². The number of benzene rings is 1. The molecule has 18 heavy (non-hydrogen) atoms. The molecule has 0 saturated carbocycles. The molecular formula is C14H18N2O2. The molecule has 1 aromatic heterocycles. The molecule has 0 saturated heterocycles. The number of rotatable bonds is 6. The lowest BCUT2D eigenvalue weighted by molar-refractivity contribution is 0.170. The van der Waals surface area contributed by atoms with E-state index in [1.807, 2.05) is 31.2 Å². The van der Waals surface area contributed by atoms with Gasteiger partial charge in [-0.2, -0.15) is 0 Å². The molecule has 0 aliphatic heterocycles. The number of aryl methyl sites for hydroxylation is 1. The maximum Gasteiger partial charge on any atom is 0.150 e. The highest BCUT2D eigenvalue weighted by Crippen LogP contribution is 2.10. The van der Waals surface area contributed by atoms with Gasteiger partial charge in [-0.15, -0.1) is 0 Å². The van der Waals surface area contributed by atoms with Crippen molar-refractivity contribution in [1.82, 2.24) is 10.1 Å². The van der Waals surface area contributed by atoms with E-state index in [0.29, 0.717) is 13.1 Å². The normalized spacial score (nSPS) is 11.1. The molecule has 0 aliphatic carbocycles. The van der Waals surface area contributed by atoms with Crippen LogP contribution >= 0.6 is 0 Å². The molecule has 4 nitrogen and oxygen atoms in total. The van der Waals surface area contributed by atoms with E-state index < -0.39 is 0 Å². The first kappa shape index (κ1) is 12.8. The van der Waals surface area contributed by atoms with Crippen LogP contribution in [0.2, 0.25) is 0 Å². The third-order valence-corrected chi connectivity index (χ3v) is 2.72. The van der Waals surface area contributed by atoms with E-state index in [0.717, 1.165) is 18.0 Å². The first-order valence-corrected chi connectivity index (χ1v) is 6.07. The van der Waals surface area contributed by atoms with E-state index in [4.69, 9.17) is 9.63 Å². The van der Waals surface area contributed by atoms with Crippen molar-refractivity contribution in [3.8, 4) is 0 Å². The number of nitrogens with zero attached hydrogens (tertiary/aromatic N) is 2. The summed E-state index contributed by atoms with van der Waals surface area (Å²) in [5.41, 5.74) is 2.11. The molecule has 2 rings (SSSR count). The highest BCUT2D eigenvalue weighted by Gasteiger charge is 2.09. The summed E-state index contributed by atoms with van der Waals surface area (Å²) in [7, 11) is 0. The van der Waals surface area contributed by atoms with E-state index in [2.05, 4.69) is 22.2 Å².